The number of hydrogen-bond acceptors (Lipinski definition) is 7. The number of non-ortho nitro benzene ring substituents is 1. The van der Waals surface area contributed by atoms with Crippen LogP contribution in [-0.4, -0.2) is 80.9 Å². The third kappa shape index (κ3) is 5.89. The van der Waals surface area contributed by atoms with Gasteiger partial charge in [0.1, 0.15) is 0 Å². The Hall–Kier alpha value is -3.50. The van der Waals surface area contributed by atoms with Crippen LogP contribution >= 0.6 is 0 Å². The minimum Gasteiger partial charge on any atom is -0.399 e. The van der Waals surface area contributed by atoms with Gasteiger partial charge in [-0.25, -0.2) is 0 Å². The van der Waals surface area contributed by atoms with Gasteiger partial charge in [-0.2, -0.15) is 0 Å². The Balaban J connectivity index is 0.000000192. The van der Waals surface area contributed by atoms with Gasteiger partial charge in [0.2, 0.25) is 11.8 Å². The Labute approximate surface area is 199 Å². The lowest BCUT2D eigenvalue weighted by molar-refractivity contribution is -0.384. The summed E-state index contributed by atoms with van der Waals surface area (Å²) in [5, 5.41) is 10.7. The largest absolute Gasteiger partial charge is 0.399 e. The molecular weight excluding hydrogens is 436 g/mol. The molecule has 2 aromatic carbocycles. The van der Waals surface area contributed by atoms with E-state index in [4.69, 9.17) is 5.73 Å². The van der Waals surface area contributed by atoms with Gasteiger partial charge in [-0.05, 0) is 64.3 Å². The molecule has 0 atom stereocenters. The molecule has 10 heteroatoms. The average molecular weight is 469 g/mol. The van der Waals surface area contributed by atoms with Crippen molar-refractivity contribution in [1.82, 2.24) is 9.80 Å². The molecule has 0 spiro atoms. The van der Waals surface area contributed by atoms with Gasteiger partial charge in [-0.3, -0.25) is 19.7 Å². The molecule has 10 nitrogen and oxygen atoms in total. The van der Waals surface area contributed by atoms with Crippen LogP contribution in [0, 0.1) is 10.1 Å². The zero-order valence-corrected chi connectivity index (χ0v) is 20.2. The van der Waals surface area contributed by atoms with Gasteiger partial charge < -0.3 is 25.3 Å². The van der Waals surface area contributed by atoms with E-state index in [-0.39, 0.29) is 17.5 Å². The van der Waals surface area contributed by atoms with Crippen molar-refractivity contribution in [3.05, 3.63) is 57.6 Å². The third-order valence-corrected chi connectivity index (χ3v) is 5.69. The number of nitro groups is 1. The average Bonchev–Trinajstić information content (AvgIpc) is 3.36. The van der Waals surface area contributed by atoms with Crippen molar-refractivity contribution in [3.8, 4) is 0 Å². The van der Waals surface area contributed by atoms with Gasteiger partial charge in [0.05, 0.1) is 23.7 Å². The zero-order chi connectivity index (χ0) is 25.0. The summed E-state index contributed by atoms with van der Waals surface area (Å²) in [6.07, 6.45) is 1.68. The molecule has 182 valence electrons. The van der Waals surface area contributed by atoms with Crippen molar-refractivity contribution >= 4 is 34.6 Å². The van der Waals surface area contributed by atoms with Crippen LogP contribution in [0.4, 0.5) is 22.7 Å². The highest BCUT2D eigenvalue weighted by Crippen LogP contribution is 2.32. The standard InChI is InChI=1S/C12H15N3O3.C12H17N3O/c1-13(2)8-12(16)14-6-5-9-3-4-10(15(17)18)7-11(9)14;1-14(2)8-12(16)15-6-5-9-3-4-10(13)7-11(9)15/h3-4,7H,5-6,8H2,1-2H3;3-4,7H,5-6,8,13H2,1-2H3. The van der Waals surface area contributed by atoms with Crippen LogP contribution in [-0.2, 0) is 22.4 Å². The van der Waals surface area contributed by atoms with E-state index in [1.165, 1.54) is 17.7 Å². The minimum atomic E-state index is -0.437. The molecule has 2 aliphatic heterocycles. The predicted octanol–water partition coefficient (Wildman–Crippen LogP) is 1.77. The lowest BCUT2D eigenvalue weighted by Gasteiger charge is -2.19. The molecule has 2 N–H and O–H groups in total. The molecule has 0 radical (unpaired) electrons. The van der Waals surface area contributed by atoms with E-state index < -0.39 is 4.92 Å². The number of amides is 2. The van der Waals surface area contributed by atoms with Crippen molar-refractivity contribution in [2.75, 3.05) is 69.9 Å². The molecule has 0 unspecified atom stereocenters. The van der Waals surface area contributed by atoms with Crippen molar-refractivity contribution in [3.63, 3.8) is 0 Å². The molecule has 0 aliphatic carbocycles. The fourth-order valence-electron chi connectivity index (χ4n) is 4.11. The van der Waals surface area contributed by atoms with Gasteiger partial charge in [0.15, 0.2) is 0 Å². The smallest absolute Gasteiger partial charge is 0.271 e. The third-order valence-electron chi connectivity index (χ3n) is 5.69. The number of nitro benzene ring substituents is 1. The Kier molecular flexibility index (Phi) is 7.85. The van der Waals surface area contributed by atoms with E-state index in [0.29, 0.717) is 31.0 Å². The summed E-state index contributed by atoms with van der Waals surface area (Å²) in [4.78, 5) is 41.4. The molecule has 34 heavy (non-hydrogen) atoms. The molecule has 0 aromatic heterocycles. The fourth-order valence-corrected chi connectivity index (χ4v) is 4.11. The maximum absolute atomic E-state index is 12.0. The van der Waals surface area contributed by atoms with Crippen molar-refractivity contribution in [1.29, 1.82) is 0 Å². The minimum absolute atomic E-state index is 0.0262. The normalized spacial score (nSPS) is 14.1. The van der Waals surface area contributed by atoms with E-state index >= 15 is 0 Å². The number of rotatable bonds is 5. The summed E-state index contributed by atoms with van der Waals surface area (Å²) in [6.45, 7) is 2.12. The summed E-state index contributed by atoms with van der Waals surface area (Å²) < 4.78 is 0. The van der Waals surface area contributed by atoms with Gasteiger partial charge in [0, 0.05) is 36.6 Å². The summed E-state index contributed by atoms with van der Waals surface area (Å²) >= 11 is 0. The van der Waals surface area contributed by atoms with Crippen molar-refractivity contribution < 1.29 is 14.5 Å². The van der Waals surface area contributed by atoms with Crippen molar-refractivity contribution in [2.24, 2.45) is 0 Å². The van der Waals surface area contributed by atoms with E-state index in [9.17, 15) is 19.7 Å². The summed E-state index contributed by atoms with van der Waals surface area (Å²) in [5.41, 5.74) is 10.3. The summed E-state index contributed by atoms with van der Waals surface area (Å²) in [5.74, 6) is 0.105. The van der Waals surface area contributed by atoms with Crippen LogP contribution in [0.2, 0.25) is 0 Å². The second-order valence-electron chi connectivity index (χ2n) is 9.02. The molecule has 2 heterocycles. The molecule has 2 amide bonds. The highest BCUT2D eigenvalue weighted by molar-refractivity contribution is 5.97. The van der Waals surface area contributed by atoms with Gasteiger partial charge in [-0.15, -0.1) is 0 Å². The van der Waals surface area contributed by atoms with E-state index in [1.807, 2.05) is 56.2 Å². The van der Waals surface area contributed by atoms with Gasteiger partial charge in [-0.1, -0.05) is 12.1 Å². The number of nitrogen functional groups attached to an aromatic ring is 1. The van der Waals surface area contributed by atoms with Gasteiger partial charge >= 0.3 is 0 Å². The fraction of sp³-hybridized carbons (Fsp3) is 0.417. The lowest BCUT2D eigenvalue weighted by Crippen LogP contribution is -2.36. The quantitative estimate of drug-likeness (QED) is 0.404. The number of likely N-dealkylation sites (N-methyl/N-ethyl adjacent to an activating group) is 2. The molecule has 2 aromatic rings. The van der Waals surface area contributed by atoms with Crippen LogP contribution < -0.4 is 15.5 Å². The predicted molar refractivity (Wildman–Crippen MR) is 133 cm³/mol. The topological polar surface area (TPSA) is 116 Å². The maximum Gasteiger partial charge on any atom is 0.271 e. The van der Waals surface area contributed by atoms with E-state index in [1.54, 1.807) is 15.9 Å². The number of nitrogens with two attached hydrogens (primary N) is 1. The molecule has 4 rings (SSSR count). The molecule has 0 saturated heterocycles. The molecule has 0 bridgehead atoms. The summed E-state index contributed by atoms with van der Waals surface area (Å²) in [7, 11) is 7.44. The first kappa shape index (κ1) is 25.1. The number of fused-ring (bicyclic) bond motifs is 2. The highest BCUT2D eigenvalue weighted by Gasteiger charge is 2.27. The first-order valence-electron chi connectivity index (χ1n) is 11.1. The highest BCUT2D eigenvalue weighted by atomic mass is 16.6. The molecular formula is C24H32N6O4. The number of nitrogens with zero attached hydrogens (tertiary/aromatic N) is 5. The number of anilines is 3. The maximum atomic E-state index is 12.0. The zero-order valence-electron chi connectivity index (χ0n) is 20.2. The molecule has 0 saturated carbocycles. The lowest BCUT2D eigenvalue weighted by atomic mass is 10.1. The number of hydrogen-bond donors (Lipinski definition) is 1. The summed E-state index contributed by atoms with van der Waals surface area (Å²) in [6, 6.07) is 10.5. The van der Waals surface area contributed by atoms with Crippen LogP contribution in [0.15, 0.2) is 36.4 Å². The second-order valence-corrected chi connectivity index (χ2v) is 9.02. The molecule has 2 aliphatic rings. The molecule has 0 fully saturated rings. The van der Waals surface area contributed by atoms with Crippen LogP contribution in [0.1, 0.15) is 11.1 Å². The van der Waals surface area contributed by atoms with Crippen LogP contribution in [0.5, 0.6) is 0 Å². The van der Waals surface area contributed by atoms with Crippen molar-refractivity contribution in [2.45, 2.75) is 12.8 Å². The number of carbonyl (C=O) groups is 2. The SMILES string of the molecule is CN(C)CC(=O)N1CCc2ccc(N)cc21.CN(C)CC(=O)N1CCc2ccc([N+](=O)[O-])cc21. The Morgan fingerprint density at radius 2 is 1.35 bits per heavy atom. The monoisotopic (exact) mass is 468 g/mol. The Bertz CT molecular complexity index is 1090. The number of benzene rings is 2. The Morgan fingerprint density at radius 1 is 0.882 bits per heavy atom. The van der Waals surface area contributed by atoms with E-state index in [2.05, 4.69) is 0 Å². The first-order chi connectivity index (χ1) is 16.1. The van der Waals surface area contributed by atoms with E-state index in [0.717, 1.165) is 30.6 Å². The first-order valence-corrected chi connectivity index (χ1v) is 11.1. The van der Waals surface area contributed by atoms with Crippen LogP contribution in [0.3, 0.4) is 0 Å². The van der Waals surface area contributed by atoms with Crippen LogP contribution in [0.25, 0.3) is 0 Å². The second kappa shape index (κ2) is 10.6. The Morgan fingerprint density at radius 3 is 1.82 bits per heavy atom. The number of carbonyl (C=O) groups excluding carboxylic acids is 2. The van der Waals surface area contributed by atoms with Gasteiger partial charge in [0.25, 0.3) is 5.69 Å².